The lowest BCUT2D eigenvalue weighted by Gasteiger charge is -2.41. The quantitative estimate of drug-likeness (QED) is 0.0435. The van der Waals surface area contributed by atoms with Crippen LogP contribution in [0, 0.1) is 74.8 Å². The first-order valence-electron chi connectivity index (χ1n) is 55.5. The van der Waals surface area contributed by atoms with Crippen LogP contribution in [0.3, 0.4) is 0 Å². The van der Waals surface area contributed by atoms with E-state index < -0.39 is 104 Å². The van der Waals surface area contributed by atoms with E-state index >= 15 is 0 Å². The van der Waals surface area contributed by atoms with E-state index in [1.165, 1.54) is 36.4 Å². The van der Waals surface area contributed by atoms with Crippen molar-refractivity contribution in [3.63, 3.8) is 0 Å². The largest absolute Gasteiger partial charge is 0.354 e. The molecule has 42 heteroatoms. The summed E-state index contributed by atoms with van der Waals surface area (Å²) in [5, 5.41) is 3.78. The molecule has 0 unspecified atom stereocenters. The molecule has 12 atom stereocenters. The molecule has 0 radical (unpaired) electrons. The van der Waals surface area contributed by atoms with E-state index in [1.54, 1.807) is 121 Å². The Hall–Kier alpha value is -15.7. The fourth-order valence-corrected chi connectivity index (χ4v) is 17.0. The number of carbonyl (C=O) groups excluding carboxylic acids is 6. The summed E-state index contributed by atoms with van der Waals surface area (Å²) in [6.45, 7) is 38.9. The van der Waals surface area contributed by atoms with Gasteiger partial charge < -0.3 is 118 Å². The fourth-order valence-electron chi connectivity index (χ4n) is 17.0. The number of rotatable bonds is 18. The maximum atomic E-state index is 12.3. The molecule has 0 spiro atoms. The number of nitrogens with zero attached hydrogens (tertiary/aromatic N) is 30. The van der Waals surface area contributed by atoms with Gasteiger partial charge in [-0.15, -0.1) is 0 Å². The Labute approximate surface area is 834 Å². The molecule has 18 heterocycles. The van der Waals surface area contributed by atoms with Crippen LogP contribution in [0.5, 0.6) is 0 Å². The van der Waals surface area contributed by atoms with Gasteiger partial charge in [0, 0.05) is 176 Å². The minimum Gasteiger partial charge on any atom is -0.354 e. The van der Waals surface area contributed by atoms with Gasteiger partial charge in [-0.05, 0) is 110 Å². The third-order valence-corrected chi connectivity index (χ3v) is 24.9. The van der Waals surface area contributed by atoms with E-state index in [2.05, 4.69) is 119 Å². The standard InChI is InChI=1S/6C16H20N6O/c6*1-11-5-7-22(14(23)8-17-2)9-13(11)21(3)16-12-4-6-18-15(12)19-10-20-16/h6*4,6,10-11,13H,5,7-9H2,1,3H3,(H,18,19,20)/t6*11-,13+/m111111/s1/i1D3,10D,11D,13D;10D,11D,13D;1D3,10D,13D;1D3,10D,11D;10D,13D;10D,11D. The Morgan fingerprint density at radius 3 is 0.826 bits per heavy atom. The van der Waals surface area contributed by atoms with Crippen LogP contribution in [0.4, 0.5) is 34.9 Å². The van der Waals surface area contributed by atoms with Crippen molar-refractivity contribution in [2.24, 2.45) is 35.4 Å². The number of carbonyl (C=O) groups is 6. The predicted octanol–water partition coefficient (Wildman–Crippen LogP) is 9.30. The molecule has 720 valence electrons. The molecule has 6 fully saturated rings. The first-order chi connectivity index (χ1) is 75.5. The molecule has 12 aromatic rings. The number of hydrogen-bond donors (Lipinski definition) is 6. The van der Waals surface area contributed by atoms with Crippen molar-refractivity contribution in [2.45, 2.75) is 116 Å². The Kier molecular flexibility index (Phi) is 24.5. The Morgan fingerprint density at radius 1 is 0.312 bits per heavy atom. The summed E-state index contributed by atoms with van der Waals surface area (Å²) < 4.78 is 190. The highest BCUT2D eigenvalue weighted by Crippen LogP contribution is 2.37. The molecular weight excluding hydrogens is 1750 g/mol. The van der Waals surface area contributed by atoms with E-state index in [1.807, 2.05) is 37.9 Å². The number of H-pyrrole nitrogens is 6. The molecule has 0 bridgehead atoms. The number of aromatic amines is 6. The molecule has 6 N–H and O–H groups in total. The van der Waals surface area contributed by atoms with Gasteiger partial charge in [0.25, 0.3) is 39.3 Å². The van der Waals surface area contributed by atoms with Crippen LogP contribution >= 0.6 is 0 Å². The van der Waals surface area contributed by atoms with Crippen LogP contribution in [0.1, 0.15) is 111 Å². The highest BCUT2D eigenvalue weighted by Gasteiger charge is 2.41. The number of likely N-dealkylation sites (N-methyl/N-ethyl adjacent to an activating group) is 6. The minimum absolute atomic E-state index is 0.00682. The van der Waals surface area contributed by atoms with Crippen molar-refractivity contribution in [1.29, 1.82) is 0 Å². The molecule has 42 nitrogen and oxygen atoms in total. The van der Waals surface area contributed by atoms with Crippen molar-refractivity contribution in [3.8, 4) is 0 Å². The van der Waals surface area contributed by atoms with E-state index in [4.69, 9.17) is 71.0 Å². The number of likely N-dealkylation sites (tertiary alicyclic amines) is 6. The highest BCUT2D eigenvalue weighted by molar-refractivity contribution is 5.93. The number of anilines is 6. The van der Waals surface area contributed by atoms with Crippen LogP contribution < -0.4 is 29.4 Å². The van der Waals surface area contributed by atoms with Crippen molar-refractivity contribution in [3.05, 3.63) is 180 Å². The molecule has 6 aliphatic rings. The zero-order valence-corrected chi connectivity index (χ0v) is 77.6. The average Bonchev–Trinajstić information content (AvgIpc) is 0.745. The van der Waals surface area contributed by atoms with Gasteiger partial charge in [0.15, 0.2) is 0 Å². The van der Waals surface area contributed by atoms with Crippen LogP contribution in [0.25, 0.3) is 95.3 Å². The van der Waals surface area contributed by atoms with Crippen LogP contribution in [-0.4, -0.2) is 351 Å². The molecule has 6 aliphatic heterocycles. The van der Waals surface area contributed by atoms with Gasteiger partial charge >= 0.3 is 35.4 Å². The Balaban J connectivity index is 0.000000159. The van der Waals surface area contributed by atoms with E-state index in [9.17, 15) is 28.8 Å². The van der Waals surface area contributed by atoms with Gasteiger partial charge in [0.2, 0.25) is 0 Å². The molecule has 6 saturated heterocycles. The second kappa shape index (κ2) is 46.5. The normalized spacial score (nSPS) is 28.1. The third-order valence-electron chi connectivity index (χ3n) is 24.9. The molecule has 12 aromatic heterocycles. The van der Waals surface area contributed by atoms with Crippen molar-refractivity contribution in [1.82, 2.24) is 119 Å². The minimum atomic E-state index is -2.81. The van der Waals surface area contributed by atoms with Crippen LogP contribution in [-0.2, 0) is 28.8 Å². The van der Waals surface area contributed by atoms with Gasteiger partial charge in [-0.3, -0.25) is 28.8 Å². The number of hydrogen-bond acceptors (Lipinski definition) is 24. The maximum Gasteiger partial charge on any atom is 0.302 e. The lowest BCUT2D eigenvalue weighted by atomic mass is 9.92. The summed E-state index contributed by atoms with van der Waals surface area (Å²) in [6.07, 6.45) is 10.0. The van der Waals surface area contributed by atoms with Gasteiger partial charge in [-0.1, -0.05) is 41.3 Å². The summed E-state index contributed by atoms with van der Waals surface area (Å²) in [5.74, 6) is -7.09. The lowest BCUT2D eigenvalue weighted by molar-refractivity contribution is -0.131. The van der Waals surface area contributed by atoms with Crippen molar-refractivity contribution in [2.75, 3.05) is 189 Å². The zero-order chi connectivity index (χ0) is 118. The SMILES string of the molecule is [2H]c1nc(N(C)[C@@]2([2H])CN(C(=O)C[N+]#[C-])CC[C@@]2([2H])C([2H])([2H])[2H])c2cc[nH]c2n1.[2H]c1nc(N(C)[C@@]2([2H])CN(C(=O)C[N+]#[C-])CC[C@@]2([2H])C)c2cc[nH]c2n1.[2H]c1nc(N(C)[C@@]2([2H])CN(C(=O)C[N+]#[C-])CC[C@H]2C([2H])([2H])[2H])c2cc[nH]c2n1.[2H]c1nc(N(C)[C@@]2([2H])CN(C(=O)C[N+]#[C-])CC[C@H]2C)c2cc[nH]c2n1.[2H]c1nc(N(C)[C@H]2CN(C(=O)C[N+]#[C-])CC[C@@]2([2H])C([2H])([2H])[2H])c2cc[nH]c2n1.[2H]c1nc(N(C)[C@H]2CN(C(=O)C[N+]#[C-])CC[C@@]2([2H])C)c2cc[nH]c2n1. The monoisotopic (exact) mass is 1900 g/mol. The van der Waals surface area contributed by atoms with Crippen molar-refractivity contribution < 1.29 is 60.3 Å². The number of amides is 6. The second-order valence-electron chi connectivity index (χ2n) is 33.2. The maximum absolute atomic E-state index is 12.3. The highest BCUT2D eigenvalue weighted by atomic mass is 16.2. The molecular formula is C96H120N36O6. The fraction of sp³-hybridized carbons (Fsp3) is 0.500. The first-order valence-corrected chi connectivity index (χ1v) is 44.0. The molecule has 0 aromatic carbocycles. The summed E-state index contributed by atoms with van der Waals surface area (Å²) in [6, 6.07) is 2.84. The number of fused-ring (bicyclic) bond motifs is 6. The summed E-state index contributed by atoms with van der Waals surface area (Å²) in [7, 11) is 9.82. The average molecular weight is 1900 g/mol. The molecule has 0 aliphatic carbocycles. The van der Waals surface area contributed by atoms with Gasteiger partial charge in [-0.25, -0.2) is 99.2 Å². The summed E-state index contributed by atoms with van der Waals surface area (Å²) in [4.78, 5) is 176. The topological polar surface area (TPSA) is 417 Å². The Bertz CT molecular complexity index is 7740. The van der Waals surface area contributed by atoms with E-state index in [-0.39, 0.29) is 183 Å². The van der Waals surface area contributed by atoms with Gasteiger partial charge in [-0.2, -0.15) is 0 Å². The Morgan fingerprint density at radius 2 is 0.536 bits per heavy atom. The predicted molar refractivity (Wildman–Crippen MR) is 527 cm³/mol. The van der Waals surface area contributed by atoms with Crippen molar-refractivity contribution >= 4 is 137 Å². The summed E-state index contributed by atoms with van der Waals surface area (Å²) in [5.41, 5.74) is 2.80. The number of nitrogens with one attached hydrogen (secondary N) is 6. The van der Waals surface area contributed by atoms with E-state index in [0.29, 0.717) is 124 Å². The zero-order valence-electron chi connectivity index (χ0n) is 101. The van der Waals surface area contributed by atoms with E-state index in [0.717, 1.165) is 10.8 Å². The summed E-state index contributed by atoms with van der Waals surface area (Å²) >= 11 is 0. The molecule has 18 rings (SSSR count). The smallest absolute Gasteiger partial charge is 0.302 e. The molecule has 6 amide bonds. The van der Waals surface area contributed by atoms with Crippen LogP contribution in [0.15, 0.2) is 111 Å². The molecule has 0 saturated carbocycles. The number of aromatic nitrogens is 18. The third kappa shape index (κ3) is 23.1. The van der Waals surface area contributed by atoms with Crippen LogP contribution in [0.2, 0.25) is 0 Å². The molecule has 138 heavy (non-hydrogen) atoms. The van der Waals surface area contributed by atoms with Gasteiger partial charge in [0.05, 0.1) is 74.0 Å². The first kappa shape index (κ1) is 72.7. The second-order valence-corrected chi connectivity index (χ2v) is 33.2. The number of piperidine rings is 6. The lowest BCUT2D eigenvalue weighted by Crippen LogP contribution is -2.53. The van der Waals surface area contributed by atoms with Gasteiger partial charge in [0.1, 0.15) is 115 Å².